The Morgan fingerprint density at radius 2 is 1.56 bits per heavy atom. The van der Waals surface area contributed by atoms with Crippen molar-refractivity contribution in [2.24, 2.45) is 0 Å². The van der Waals surface area contributed by atoms with E-state index in [1.807, 2.05) is 0 Å². The smallest absolute Gasteiger partial charge is 0.809 e. The van der Waals surface area contributed by atoms with Gasteiger partial charge in [0.15, 0.2) is 5.52 Å². The van der Waals surface area contributed by atoms with E-state index in [9.17, 15) is 23.7 Å². The van der Waals surface area contributed by atoms with Crippen molar-refractivity contribution in [3.63, 3.8) is 0 Å². The molecule has 1 amide bonds. The molecule has 1 atom stereocenters. The largest absolute Gasteiger partial charge is 1.00 e. The number of amides is 1. The predicted octanol–water partition coefficient (Wildman–Crippen LogP) is -8.15. The molecule has 0 aromatic rings. The van der Waals surface area contributed by atoms with Crippen LogP contribution in [0.15, 0.2) is 0 Å². The van der Waals surface area contributed by atoms with E-state index in [0.29, 0.717) is 0 Å². The van der Waals surface area contributed by atoms with Crippen LogP contribution in [-0.4, -0.2) is 33.2 Å². The van der Waals surface area contributed by atoms with Gasteiger partial charge in [0, 0.05) is 14.0 Å². The van der Waals surface area contributed by atoms with Gasteiger partial charge in [0.1, 0.15) is 0 Å². The van der Waals surface area contributed by atoms with E-state index in [4.69, 9.17) is 9.79 Å². The first kappa shape index (κ1) is 22.9. The van der Waals surface area contributed by atoms with E-state index in [0.717, 1.165) is 14.0 Å². The second kappa shape index (κ2) is 8.04. The minimum absolute atomic E-state index is 0. The summed E-state index contributed by atoms with van der Waals surface area (Å²) in [6.07, 6.45) is 0. The van der Waals surface area contributed by atoms with Crippen molar-refractivity contribution in [3.05, 3.63) is 0 Å². The van der Waals surface area contributed by atoms with E-state index >= 15 is 0 Å². The third kappa shape index (κ3) is 7.26. The summed E-state index contributed by atoms with van der Waals surface area (Å²) in [7, 11) is -9.93. The van der Waals surface area contributed by atoms with Gasteiger partial charge in [-0.05, 0) is 7.60 Å². The van der Waals surface area contributed by atoms with Crippen molar-refractivity contribution in [2.75, 3.05) is 7.05 Å². The Bertz CT molecular complexity index is 302. The monoisotopic (exact) mass is 291 g/mol. The van der Waals surface area contributed by atoms with Gasteiger partial charge in [0.25, 0.3) is 0 Å². The molecular weight excluding hydrogens is 282 g/mol. The zero-order valence-corrected chi connectivity index (χ0v) is 15.1. The fourth-order valence-corrected chi connectivity index (χ4v) is 3.46. The quantitative estimate of drug-likeness (QED) is 0.388. The molecule has 0 fully saturated rings. The van der Waals surface area contributed by atoms with Crippen molar-refractivity contribution in [1.82, 2.24) is 4.90 Å². The molecular formula is C4H9NNa2O7P2. The fourth-order valence-electron chi connectivity index (χ4n) is 0.785. The summed E-state index contributed by atoms with van der Waals surface area (Å²) < 4.78 is 21.2. The Hall–Kier alpha value is 1.77. The Morgan fingerprint density at radius 3 is 1.62 bits per heavy atom. The first-order valence-corrected chi connectivity index (χ1v) is 6.57. The average Bonchev–Trinajstić information content (AvgIpc) is 1.79. The zero-order chi connectivity index (χ0) is 11.7. The van der Waals surface area contributed by atoms with Crippen LogP contribution in [0.25, 0.3) is 0 Å². The van der Waals surface area contributed by atoms with Crippen molar-refractivity contribution in [2.45, 2.75) is 12.4 Å². The van der Waals surface area contributed by atoms with Crippen LogP contribution in [0.4, 0.5) is 0 Å². The van der Waals surface area contributed by atoms with Crippen molar-refractivity contribution < 1.29 is 92.6 Å². The van der Waals surface area contributed by atoms with Gasteiger partial charge in [0.2, 0.25) is 5.91 Å². The van der Waals surface area contributed by atoms with Gasteiger partial charge < -0.3 is 29.0 Å². The molecule has 0 saturated carbocycles. The number of hydrogen-bond donors (Lipinski definition) is 2. The van der Waals surface area contributed by atoms with Crippen LogP contribution in [0.5, 0.6) is 0 Å². The molecule has 0 aliphatic heterocycles. The molecule has 12 heteroatoms. The summed E-state index contributed by atoms with van der Waals surface area (Å²) >= 11 is 0. The van der Waals surface area contributed by atoms with Gasteiger partial charge >= 0.3 is 66.7 Å². The zero-order valence-electron chi connectivity index (χ0n) is 9.35. The van der Waals surface area contributed by atoms with Crippen molar-refractivity contribution >= 4 is 21.1 Å². The van der Waals surface area contributed by atoms with Gasteiger partial charge in [-0.2, -0.15) is 0 Å². The second-order valence-corrected chi connectivity index (χ2v) is 6.25. The Kier molecular flexibility index (Phi) is 11.5. The first-order valence-electron chi connectivity index (χ1n) is 3.28. The molecule has 0 radical (unpaired) electrons. The van der Waals surface area contributed by atoms with Gasteiger partial charge in [-0.25, -0.2) is 0 Å². The van der Waals surface area contributed by atoms with Crippen LogP contribution >= 0.6 is 15.2 Å². The third-order valence-electron chi connectivity index (χ3n) is 1.43. The molecule has 0 rings (SSSR count). The predicted molar refractivity (Wildman–Crippen MR) is 41.9 cm³/mol. The van der Waals surface area contributed by atoms with Gasteiger partial charge in [-0.15, -0.1) is 0 Å². The normalized spacial score (nSPS) is 13.1. The van der Waals surface area contributed by atoms with Crippen LogP contribution < -0.4 is 68.9 Å². The summed E-state index contributed by atoms with van der Waals surface area (Å²) in [5.41, 5.74) is -2.63. The van der Waals surface area contributed by atoms with Crippen molar-refractivity contribution in [3.8, 4) is 0 Å². The van der Waals surface area contributed by atoms with Crippen molar-refractivity contribution in [1.29, 1.82) is 0 Å². The molecule has 2 N–H and O–H groups in total. The minimum atomic E-state index is -5.57. The maximum atomic E-state index is 10.7. The van der Waals surface area contributed by atoms with E-state index in [-0.39, 0.29) is 64.0 Å². The van der Waals surface area contributed by atoms with Crippen LogP contribution in [0.2, 0.25) is 0 Å². The molecule has 0 aromatic carbocycles. The molecule has 0 bridgehead atoms. The molecule has 0 saturated heterocycles. The summed E-state index contributed by atoms with van der Waals surface area (Å²) in [5.74, 6) is -0.926. The average molecular weight is 291 g/mol. The molecule has 0 aromatic heterocycles. The third-order valence-corrected chi connectivity index (χ3v) is 5.04. The minimum Gasteiger partial charge on any atom is -0.809 e. The number of rotatable bonds is 3. The van der Waals surface area contributed by atoms with E-state index in [1.54, 1.807) is 0 Å². The molecule has 0 spiro atoms. The van der Waals surface area contributed by atoms with Gasteiger partial charge in [0.05, 0.1) is 0 Å². The van der Waals surface area contributed by atoms with Crippen LogP contribution in [-0.2, 0) is 13.9 Å². The number of carbonyl (C=O) groups excluding carboxylic acids is 1. The standard InChI is InChI=1S/C4H11NO7P2.2Na/c1-3(6)5(2)4(13(7,8)9)14(10,11)12;;/h4H,1-2H3,(H2,7,8,9)(H2,10,11,12);;/q;2*+1/p-2. The van der Waals surface area contributed by atoms with Crippen LogP contribution in [0, 0.1) is 0 Å². The second-order valence-electron chi connectivity index (χ2n) is 2.61. The first-order chi connectivity index (χ1) is 5.98. The molecule has 8 nitrogen and oxygen atoms in total. The Balaban J connectivity index is -0.000000845. The van der Waals surface area contributed by atoms with Gasteiger partial charge in [-0.1, -0.05) is 0 Å². The van der Waals surface area contributed by atoms with E-state index < -0.39 is 26.6 Å². The molecule has 0 heterocycles. The molecule has 16 heavy (non-hydrogen) atoms. The summed E-state index contributed by atoms with van der Waals surface area (Å²) in [6.45, 7) is 0.887. The number of hydrogen-bond acceptors (Lipinski definition) is 5. The molecule has 0 aliphatic carbocycles. The topological polar surface area (TPSA) is 141 Å². The summed E-state index contributed by atoms with van der Waals surface area (Å²) in [4.78, 5) is 49.0. The van der Waals surface area contributed by atoms with E-state index in [1.165, 1.54) is 0 Å². The summed E-state index contributed by atoms with van der Waals surface area (Å²) in [6, 6.07) is 0. The molecule has 1 unspecified atom stereocenters. The van der Waals surface area contributed by atoms with Gasteiger partial charge in [-0.3, -0.25) is 9.36 Å². The number of carbonyl (C=O) groups is 1. The maximum Gasteiger partial charge on any atom is 1.00 e. The fraction of sp³-hybridized carbons (Fsp3) is 0.750. The van der Waals surface area contributed by atoms with Crippen LogP contribution in [0.3, 0.4) is 0 Å². The molecule has 0 aliphatic rings. The van der Waals surface area contributed by atoms with Crippen LogP contribution in [0.1, 0.15) is 6.92 Å². The summed E-state index contributed by atoms with van der Waals surface area (Å²) in [5, 5.41) is 0. The maximum absolute atomic E-state index is 10.7. The Labute approximate surface area is 137 Å². The SMILES string of the molecule is CC(=O)N(C)C(P(=O)([O-])[O-])P(=O)(O)O.[Na+].[Na+]. The Morgan fingerprint density at radius 1 is 1.25 bits per heavy atom. The molecule has 84 valence electrons. The number of nitrogens with zero attached hydrogens (tertiary/aromatic N) is 1. The van der Waals surface area contributed by atoms with E-state index in [2.05, 4.69) is 0 Å².